The second-order valence-electron chi connectivity index (χ2n) is 4.01. The van der Waals surface area contributed by atoms with E-state index in [1.807, 2.05) is 6.20 Å². The second-order valence-corrected chi connectivity index (χ2v) is 5.21. The number of thiazole rings is 1. The molecule has 1 aromatic heterocycles. The number of amides is 1. The van der Waals surface area contributed by atoms with Crippen LogP contribution < -0.4 is 10.6 Å². The monoisotopic (exact) mass is 239 g/mol. The van der Waals surface area contributed by atoms with Crippen molar-refractivity contribution in [3.63, 3.8) is 0 Å². The lowest BCUT2D eigenvalue weighted by atomic mass is 10.2. The van der Waals surface area contributed by atoms with Gasteiger partial charge in [-0.2, -0.15) is 0 Å². The average molecular weight is 239 g/mol. The fraction of sp³-hybridized carbons (Fsp3) is 0.636. The summed E-state index contributed by atoms with van der Waals surface area (Å²) in [5.41, 5.74) is 0. The molecule has 0 radical (unpaired) electrons. The van der Waals surface area contributed by atoms with Crippen LogP contribution in [0.1, 0.15) is 29.7 Å². The Morgan fingerprint density at radius 2 is 2.56 bits per heavy atom. The summed E-state index contributed by atoms with van der Waals surface area (Å²) >= 11 is 1.75. The highest BCUT2D eigenvalue weighted by Crippen LogP contribution is 2.13. The summed E-state index contributed by atoms with van der Waals surface area (Å²) < 4.78 is 0. The van der Waals surface area contributed by atoms with Crippen molar-refractivity contribution >= 4 is 17.2 Å². The molecule has 1 fully saturated rings. The first kappa shape index (κ1) is 11.5. The summed E-state index contributed by atoms with van der Waals surface area (Å²) in [5.74, 6) is 0.179. The van der Waals surface area contributed by atoms with Crippen LogP contribution in [0.15, 0.2) is 6.20 Å². The van der Waals surface area contributed by atoms with Crippen LogP contribution in [0, 0.1) is 0 Å². The minimum Gasteiger partial charge on any atom is -0.352 e. The lowest BCUT2D eigenvalue weighted by Gasteiger charge is -2.09. The highest BCUT2D eigenvalue weighted by Gasteiger charge is 2.19. The number of aryl methyl sites for hydroxylation is 1. The van der Waals surface area contributed by atoms with E-state index in [0.717, 1.165) is 25.9 Å². The van der Waals surface area contributed by atoms with E-state index >= 15 is 0 Å². The third-order valence-electron chi connectivity index (χ3n) is 2.68. The van der Waals surface area contributed by atoms with Gasteiger partial charge in [0.1, 0.15) is 0 Å². The molecule has 5 heteroatoms. The molecular weight excluding hydrogens is 222 g/mol. The third kappa shape index (κ3) is 3.02. The van der Waals surface area contributed by atoms with Gasteiger partial charge in [0.15, 0.2) is 0 Å². The number of hydrogen-bond acceptors (Lipinski definition) is 4. The molecule has 0 bridgehead atoms. The zero-order valence-corrected chi connectivity index (χ0v) is 10.3. The molecule has 1 unspecified atom stereocenters. The van der Waals surface area contributed by atoms with Crippen molar-refractivity contribution in [2.75, 3.05) is 6.54 Å². The molecule has 1 aliphatic heterocycles. The number of rotatable bonds is 5. The van der Waals surface area contributed by atoms with Gasteiger partial charge in [-0.15, -0.1) is 11.3 Å². The smallest absolute Gasteiger partial charge is 0.220 e. The molecular formula is C11H17N3OS. The minimum absolute atomic E-state index is 0.179. The normalized spacial score (nSPS) is 20.1. The maximum absolute atomic E-state index is 11.0. The summed E-state index contributed by atoms with van der Waals surface area (Å²) in [7, 11) is 0. The van der Waals surface area contributed by atoms with E-state index in [2.05, 4.69) is 22.5 Å². The van der Waals surface area contributed by atoms with Crippen molar-refractivity contribution in [1.29, 1.82) is 0 Å². The molecule has 2 rings (SSSR count). The van der Waals surface area contributed by atoms with E-state index in [9.17, 15) is 4.79 Å². The van der Waals surface area contributed by atoms with Gasteiger partial charge in [0.25, 0.3) is 0 Å². The highest BCUT2D eigenvalue weighted by atomic mass is 32.1. The SMILES string of the molecule is CCc1ncc(CNCC2CCC(=O)N2)s1. The zero-order valence-electron chi connectivity index (χ0n) is 9.45. The van der Waals surface area contributed by atoms with Crippen LogP contribution in [0.4, 0.5) is 0 Å². The van der Waals surface area contributed by atoms with Gasteiger partial charge in [-0.3, -0.25) is 4.79 Å². The molecule has 16 heavy (non-hydrogen) atoms. The van der Waals surface area contributed by atoms with Gasteiger partial charge in [-0.25, -0.2) is 4.98 Å². The van der Waals surface area contributed by atoms with E-state index < -0.39 is 0 Å². The number of aromatic nitrogens is 1. The molecule has 1 amide bonds. The summed E-state index contributed by atoms with van der Waals surface area (Å²) in [6, 6.07) is 0.311. The van der Waals surface area contributed by atoms with Crippen molar-refractivity contribution in [1.82, 2.24) is 15.6 Å². The molecule has 1 atom stereocenters. The number of nitrogens with one attached hydrogen (secondary N) is 2. The van der Waals surface area contributed by atoms with Crippen molar-refractivity contribution in [2.45, 2.75) is 38.8 Å². The highest BCUT2D eigenvalue weighted by molar-refractivity contribution is 7.11. The molecule has 1 aliphatic rings. The topological polar surface area (TPSA) is 54.0 Å². The Morgan fingerprint density at radius 3 is 3.19 bits per heavy atom. The molecule has 0 aromatic carbocycles. The first-order valence-electron chi connectivity index (χ1n) is 5.71. The fourth-order valence-corrected chi connectivity index (χ4v) is 2.63. The molecule has 4 nitrogen and oxygen atoms in total. The van der Waals surface area contributed by atoms with Gasteiger partial charge in [0.05, 0.1) is 5.01 Å². The third-order valence-corrected chi connectivity index (χ3v) is 3.82. The molecule has 0 spiro atoms. The number of carbonyl (C=O) groups is 1. The summed E-state index contributed by atoms with van der Waals surface area (Å²) in [4.78, 5) is 16.6. The lowest BCUT2D eigenvalue weighted by Crippen LogP contribution is -2.35. The van der Waals surface area contributed by atoms with E-state index in [1.165, 1.54) is 9.88 Å². The minimum atomic E-state index is 0.179. The quantitative estimate of drug-likeness (QED) is 0.808. The number of nitrogens with zero attached hydrogens (tertiary/aromatic N) is 1. The summed E-state index contributed by atoms with van der Waals surface area (Å²) in [5, 5.41) is 7.49. The maximum Gasteiger partial charge on any atom is 0.220 e. The van der Waals surface area contributed by atoms with Crippen LogP contribution in [0.3, 0.4) is 0 Å². The van der Waals surface area contributed by atoms with Crippen LogP contribution in [0.25, 0.3) is 0 Å². The first-order chi connectivity index (χ1) is 7.78. The van der Waals surface area contributed by atoms with Crippen LogP contribution in [-0.4, -0.2) is 23.5 Å². The molecule has 88 valence electrons. The zero-order chi connectivity index (χ0) is 11.4. The summed E-state index contributed by atoms with van der Waals surface area (Å²) in [6.07, 6.45) is 4.56. The van der Waals surface area contributed by atoms with Crippen LogP contribution in [-0.2, 0) is 17.8 Å². The Kier molecular flexibility index (Phi) is 3.90. The van der Waals surface area contributed by atoms with Crippen molar-refractivity contribution < 1.29 is 4.79 Å². The van der Waals surface area contributed by atoms with Crippen LogP contribution in [0.2, 0.25) is 0 Å². The van der Waals surface area contributed by atoms with Crippen molar-refractivity contribution in [3.8, 4) is 0 Å². The molecule has 1 aromatic rings. The Hall–Kier alpha value is -0.940. The van der Waals surface area contributed by atoms with Crippen molar-refractivity contribution in [3.05, 3.63) is 16.1 Å². The van der Waals surface area contributed by atoms with E-state index in [0.29, 0.717) is 12.5 Å². The summed E-state index contributed by atoms with van der Waals surface area (Å²) in [6.45, 7) is 3.82. The molecule has 2 heterocycles. The molecule has 1 saturated heterocycles. The predicted molar refractivity (Wildman–Crippen MR) is 64.4 cm³/mol. The Morgan fingerprint density at radius 1 is 1.69 bits per heavy atom. The molecule has 0 aliphatic carbocycles. The average Bonchev–Trinajstić information content (AvgIpc) is 2.88. The second kappa shape index (κ2) is 5.41. The predicted octanol–water partition coefficient (Wildman–Crippen LogP) is 1.07. The van der Waals surface area contributed by atoms with Gasteiger partial charge >= 0.3 is 0 Å². The van der Waals surface area contributed by atoms with E-state index in [4.69, 9.17) is 0 Å². The Bertz CT molecular complexity index is 364. The van der Waals surface area contributed by atoms with Gasteiger partial charge in [0.2, 0.25) is 5.91 Å². The van der Waals surface area contributed by atoms with Gasteiger partial charge in [0, 0.05) is 36.6 Å². The van der Waals surface area contributed by atoms with E-state index in [1.54, 1.807) is 11.3 Å². The first-order valence-corrected chi connectivity index (χ1v) is 6.53. The van der Waals surface area contributed by atoms with Gasteiger partial charge < -0.3 is 10.6 Å². The number of carbonyl (C=O) groups excluding carboxylic acids is 1. The van der Waals surface area contributed by atoms with Gasteiger partial charge in [-0.1, -0.05) is 6.92 Å². The lowest BCUT2D eigenvalue weighted by molar-refractivity contribution is -0.119. The number of hydrogen-bond donors (Lipinski definition) is 2. The standard InChI is InChI=1S/C11H17N3OS/c1-2-11-13-7-9(16-11)6-12-5-8-3-4-10(15)14-8/h7-8,12H,2-6H2,1H3,(H,14,15). The van der Waals surface area contributed by atoms with E-state index in [-0.39, 0.29) is 5.91 Å². The fourth-order valence-electron chi connectivity index (χ4n) is 1.79. The molecule has 2 N–H and O–H groups in total. The molecule has 0 saturated carbocycles. The van der Waals surface area contributed by atoms with Crippen LogP contribution >= 0.6 is 11.3 Å². The van der Waals surface area contributed by atoms with Crippen LogP contribution in [0.5, 0.6) is 0 Å². The van der Waals surface area contributed by atoms with Crippen molar-refractivity contribution in [2.24, 2.45) is 0 Å². The van der Waals surface area contributed by atoms with Gasteiger partial charge in [-0.05, 0) is 12.8 Å². The maximum atomic E-state index is 11.0. The Labute approximate surface area is 99.5 Å². The largest absolute Gasteiger partial charge is 0.352 e. The Balaban J connectivity index is 1.69.